The molecule has 112 valence electrons. The minimum Gasteiger partial charge on any atom is -0.439 e. The van der Waals surface area contributed by atoms with Crippen molar-refractivity contribution in [3.8, 4) is 11.6 Å². The van der Waals surface area contributed by atoms with Crippen molar-refractivity contribution >= 4 is 23.2 Å². The van der Waals surface area contributed by atoms with Crippen molar-refractivity contribution in [3.63, 3.8) is 0 Å². The zero-order chi connectivity index (χ0) is 15.6. The van der Waals surface area contributed by atoms with E-state index >= 15 is 0 Å². The van der Waals surface area contributed by atoms with Crippen molar-refractivity contribution in [1.82, 2.24) is 4.98 Å². The Morgan fingerprint density at radius 2 is 1.67 bits per heavy atom. The average molecular weight is 326 g/mol. The molecule has 0 radical (unpaired) electrons. The van der Waals surface area contributed by atoms with Gasteiger partial charge >= 0.3 is 0 Å². The van der Waals surface area contributed by atoms with Crippen molar-refractivity contribution in [2.45, 2.75) is 32.8 Å². The third-order valence-corrected chi connectivity index (χ3v) is 3.31. The van der Waals surface area contributed by atoms with Crippen molar-refractivity contribution < 1.29 is 9.84 Å². The van der Waals surface area contributed by atoms with Gasteiger partial charge < -0.3 is 9.84 Å². The number of aromatic nitrogens is 1. The van der Waals surface area contributed by atoms with Crippen LogP contribution >= 0.6 is 23.2 Å². The van der Waals surface area contributed by atoms with Crippen LogP contribution in [0.4, 0.5) is 0 Å². The summed E-state index contributed by atoms with van der Waals surface area (Å²) in [5, 5.41) is 10.4. The number of ether oxygens (including phenoxy) is 1. The standard InChI is InChI=1S/C16H17Cl2NO2/c1-16(2,3)14-4-10(9-20)5-15(19-14)21-13-7-11(17)6-12(18)8-13/h4-8,20H,9H2,1-3H3. The summed E-state index contributed by atoms with van der Waals surface area (Å²) in [7, 11) is 0. The topological polar surface area (TPSA) is 42.4 Å². The number of pyridine rings is 1. The van der Waals surface area contributed by atoms with E-state index in [9.17, 15) is 5.11 Å². The van der Waals surface area contributed by atoms with E-state index in [1.54, 1.807) is 24.3 Å². The van der Waals surface area contributed by atoms with Crippen molar-refractivity contribution in [2.75, 3.05) is 0 Å². The first kappa shape index (κ1) is 16.1. The van der Waals surface area contributed by atoms with Gasteiger partial charge in [0.2, 0.25) is 5.88 Å². The van der Waals surface area contributed by atoms with Gasteiger partial charge in [0, 0.05) is 21.5 Å². The highest BCUT2D eigenvalue weighted by Gasteiger charge is 2.18. The second-order valence-electron chi connectivity index (χ2n) is 5.81. The van der Waals surface area contributed by atoms with Crippen LogP contribution in [0.25, 0.3) is 0 Å². The van der Waals surface area contributed by atoms with Crippen LogP contribution in [0, 0.1) is 0 Å². The molecule has 0 aliphatic carbocycles. The lowest BCUT2D eigenvalue weighted by molar-refractivity contribution is 0.280. The van der Waals surface area contributed by atoms with Crippen LogP contribution in [0.3, 0.4) is 0 Å². The molecule has 5 heteroatoms. The molecule has 1 heterocycles. The van der Waals surface area contributed by atoms with E-state index in [-0.39, 0.29) is 12.0 Å². The molecule has 0 atom stereocenters. The second kappa shape index (κ2) is 6.22. The van der Waals surface area contributed by atoms with Gasteiger partial charge in [0.25, 0.3) is 0 Å². The predicted molar refractivity (Wildman–Crippen MR) is 85.4 cm³/mol. The Balaban J connectivity index is 2.39. The van der Waals surface area contributed by atoms with E-state index in [0.29, 0.717) is 21.7 Å². The van der Waals surface area contributed by atoms with Gasteiger partial charge in [-0.3, -0.25) is 0 Å². The van der Waals surface area contributed by atoms with Crippen molar-refractivity contribution in [3.05, 3.63) is 51.6 Å². The number of nitrogens with zero attached hydrogens (tertiary/aromatic N) is 1. The maximum absolute atomic E-state index is 9.38. The molecular weight excluding hydrogens is 309 g/mol. The fourth-order valence-corrected chi connectivity index (χ4v) is 2.30. The van der Waals surface area contributed by atoms with Gasteiger partial charge in [-0.1, -0.05) is 44.0 Å². The molecule has 0 saturated heterocycles. The molecule has 1 aromatic carbocycles. The highest BCUT2D eigenvalue weighted by Crippen LogP contribution is 2.30. The number of aliphatic hydroxyl groups is 1. The second-order valence-corrected chi connectivity index (χ2v) is 6.69. The first-order valence-electron chi connectivity index (χ1n) is 6.54. The number of rotatable bonds is 3. The quantitative estimate of drug-likeness (QED) is 0.866. The summed E-state index contributed by atoms with van der Waals surface area (Å²) >= 11 is 11.9. The van der Waals surface area contributed by atoms with Crippen LogP contribution in [0.2, 0.25) is 10.0 Å². The van der Waals surface area contributed by atoms with E-state index in [1.165, 1.54) is 0 Å². The van der Waals surface area contributed by atoms with Crippen LogP contribution in [0.5, 0.6) is 11.6 Å². The largest absolute Gasteiger partial charge is 0.439 e. The van der Waals surface area contributed by atoms with E-state index < -0.39 is 0 Å². The summed E-state index contributed by atoms with van der Waals surface area (Å²) in [5.41, 5.74) is 1.45. The first-order valence-corrected chi connectivity index (χ1v) is 7.30. The Morgan fingerprint density at radius 1 is 1.05 bits per heavy atom. The van der Waals surface area contributed by atoms with Gasteiger partial charge in [0.1, 0.15) is 5.75 Å². The minimum absolute atomic E-state index is 0.0712. The molecule has 0 amide bonds. The van der Waals surface area contributed by atoms with Crippen LogP contribution in [0.15, 0.2) is 30.3 Å². The van der Waals surface area contributed by atoms with Gasteiger partial charge in [0.15, 0.2) is 0 Å². The molecule has 0 aliphatic rings. The normalized spacial score (nSPS) is 11.5. The third kappa shape index (κ3) is 4.34. The number of hydrogen-bond donors (Lipinski definition) is 1. The molecule has 2 aromatic rings. The molecule has 21 heavy (non-hydrogen) atoms. The van der Waals surface area contributed by atoms with Crippen molar-refractivity contribution in [1.29, 1.82) is 0 Å². The average Bonchev–Trinajstić information content (AvgIpc) is 2.36. The summed E-state index contributed by atoms with van der Waals surface area (Å²) in [4.78, 5) is 4.49. The molecule has 0 bridgehead atoms. The van der Waals surface area contributed by atoms with Gasteiger partial charge in [-0.15, -0.1) is 0 Å². The maximum atomic E-state index is 9.38. The Hall–Kier alpha value is -1.29. The summed E-state index contributed by atoms with van der Waals surface area (Å²) in [6.45, 7) is 6.09. The monoisotopic (exact) mass is 325 g/mol. The Bertz CT molecular complexity index is 631. The molecule has 0 spiro atoms. The lowest BCUT2D eigenvalue weighted by Gasteiger charge is -2.19. The van der Waals surface area contributed by atoms with E-state index in [2.05, 4.69) is 25.8 Å². The molecule has 0 aliphatic heterocycles. The van der Waals surface area contributed by atoms with E-state index in [1.807, 2.05) is 6.07 Å². The Labute approximate surface area is 134 Å². The van der Waals surface area contributed by atoms with Crippen LogP contribution in [-0.4, -0.2) is 10.1 Å². The highest BCUT2D eigenvalue weighted by atomic mass is 35.5. The summed E-state index contributed by atoms with van der Waals surface area (Å²) in [6.07, 6.45) is 0. The Morgan fingerprint density at radius 3 is 2.19 bits per heavy atom. The van der Waals surface area contributed by atoms with E-state index in [4.69, 9.17) is 27.9 Å². The zero-order valence-electron chi connectivity index (χ0n) is 12.2. The smallest absolute Gasteiger partial charge is 0.219 e. The molecule has 1 aromatic heterocycles. The fraction of sp³-hybridized carbons (Fsp3) is 0.312. The Kier molecular flexibility index (Phi) is 4.77. The predicted octanol–water partition coefficient (Wildman–Crippen LogP) is 4.97. The van der Waals surface area contributed by atoms with Crippen LogP contribution in [0.1, 0.15) is 32.0 Å². The number of hydrogen-bond acceptors (Lipinski definition) is 3. The number of halogens is 2. The minimum atomic E-state index is -0.144. The molecular formula is C16H17Cl2NO2. The van der Waals surface area contributed by atoms with Gasteiger partial charge in [-0.05, 0) is 29.8 Å². The molecule has 1 N–H and O–H groups in total. The maximum Gasteiger partial charge on any atom is 0.219 e. The number of benzene rings is 1. The molecule has 3 nitrogen and oxygen atoms in total. The fourth-order valence-electron chi connectivity index (χ4n) is 1.80. The lowest BCUT2D eigenvalue weighted by Crippen LogP contribution is -2.14. The third-order valence-electron chi connectivity index (χ3n) is 2.87. The van der Waals surface area contributed by atoms with Crippen molar-refractivity contribution in [2.24, 2.45) is 0 Å². The lowest BCUT2D eigenvalue weighted by atomic mass is 9.91. The van der Waals surface area contributed by atoms with Crippen LogP contribution in [-0.2, 0) is 12.0 Å². The molecule has 0 fully saturated rings. The summed E-state index contributed by atoms with van der Waals surface area (Å²) in [5.74, 6) is 0.916. The van der Waals surface area contributed by atoms with E-state index in [0.717, 1.165) is 11.3 Å². The molecule has 0 unspecified atom stereocenters. The summed E-state index contributed by atoms with van der Waals surface area (Å²) < 4.78 is 5.73. The first-order chi connectivity index (χ1) is 9.77. The van der Waals surface area contributed by atoms with Crippen LogP contribution < -0.4 is 4.74 Å². The molecule has 0 saturated carbocycles. The zero-order valence-corrected chi connectivity index (χ0v) is 13.7. The van der Waals surface area contributed by atoms with Gasteiger partial charge in [-0.2, -0.15) is 0 Å². The SMILES string of the molecule is CC(C)(C)c1cc(CO)cc(Oc2cc(Cl)cc(Cl)c2)n1. The highest BCUT2D eigenvalue weighted by molar-refractivity contribution is 6.34. The number of aliphatic hydroxyl groups excluding tert-OH is 1. The van der Waals surface area contributed by atoms with Gasteiger partial charge in [0.05, 0.1) is 12.3 Å². The summed E-state index contributed by atoms with van der Waals surface area (Å²) in [6, 6.07) is 8.53. The van der Waals surface area contributed by atoms with Gasteiger partial charge in [-0.25, -0.2) is 4.98 Å². The molecule has 2 rings (SSSR count).